The van der Waals surface area contributed by atoms with Crippen LogP contribution < -0.4 is 0 Å². The van der Waals surface area contributed by atoms with E-state index in [1.807, 2.05) is 33.0 Å². The van der Waals surface area contributed by atoms with Crippen LogP contribution in [0.3, 0.4) is 0 Å². The fourth-order valence-corrected chi connectivity index (χ4v) is 2.10. The van der Waals surface area contributed by atoms with Crippen molar-refractivity contribution in [2.45, 2.75) is 76.3 Å². The van der Waals surface area contributed by atoms with E-state index < -0.39 is 0 Å². The van der Waals surface area contributed by atoms with E-state index in [-0.39, 0.29) is 28.2 Å². The van der Waals surface area contributed by atoms with E-state index in [2.05, 4.69) is 37.0 Å². The van der Waals surface area contributed by atoms with Gasteiger partial charge in [0.1, 0.15) is 0 Å². The highest BCUT2D eigenvalue weighted by atomic mass is 16.2. The lowest BCUT2D eigenvalue weighted by Gasteiger charge is -2.27. The summed E-state index contributed by atoms with van der Waals surface area (Å²) < 4.78 is 0. The predicted molar refractivity (Wildman–Crippen MR) is 123 cm³/mol. The van der Waals surface area contributed by atoms with Crippen LogP contribution >= 0.6 is 0 Å². The molecular formula is C23H43N3O. The van der Waals surface area contributed by atoms with Gasteiger partial charge in [-0.15, -0.1) is 0 Å². The van der Waals surface area contributed by atoms with Gasteiger partial charge >= 0.3 is 0 Å². The molecule has 1 amide bonds. The van der Waals surface area contributed by atoms with Crippen LogP contribution in [0, 0.1) is 0 Å². The summed E-state index contributed by atoms with van der Waals surface area (Å²) in [6.45, 7) is 18.7. The molecule has 0 atom stereocenters. The van der Waals surface area contributed by atoms with Crippen molar-refractivity contribution >= 4 is 11.5 Å². The highest BCUT2D eigenvalue weighted by Crippen LogP contribution is 2.19. The predicted octanol–water partition coefficient (Wildman–Crippen LogP) is 6.49. The Labute approximate surface area is 169 Å². The van der Waals surface area contributed by atoms with Crippen molar-refractivity contribution in [3.8, 4) is 0 Å². The van der Waals surface area contributed by atoms with Crippen molar-refractivity contribution in [1.82, 2.24) is 14.9 Å². The molecule has 4 nitrogen and oxygen atoms in total. The van der Waals surface area contributed by atoms with E-state index in [1.165, 1.54) is 12.5 Å². The minimum atomic E-state index is -0.0548. The first kappa shape index (κ1) is 32.4. The number of rotatable bonds is 3. The molecule has 1 aliphatic rings. The zero-order valence-electron chi connectivity index (χ0n) is 15.8. The van der Waals surface area contributed by atoms with E-state index in [0.717, 1.165) is 23.3 Å². The van der Waals surface area contributed by atoms with Crippen molar-refractivity contribution in [2.24, 2.45) is 0 Å². The Balaban J connectivity index is -0.000000302. The lowest BCUT2D eigenvalue weighted by Crippen LogP contribution is -2.35. The highest BCUT2D eigenvalue weighted by molar-refractivity contribution is 5.87. The van der Waals surface area contributed by atoms with Crippen molar-refractivity contribution < 1.29 is 4.79 Å². The molecule has 0 bridgehead atoms. The molecule has 0 N–H and O–H groups in total. The molecule has 0 saturated heterocycles. The quantitative estimate of drug-likeness (QED) is 0.447. The van der Waals surface area contributed by atoms with E-state index in [0.29, 0.717) is 18.9 Å². The van der Waals surface area contributed by atoms with E-state index in [4.69, 9.17) is 0 Å². The molecule has 1 aromatic heterocycles. The van der Waals surface area contributed by atoms with Gasteiger partial charge in [0.05, 0.1) is 12.2 Å². The zero-order valence-corrected chi connectivity index (χ0v) is 15.8. The average molecular weight is 378 g/mol. The van der Waals surface area contributed by atoms with Crippen molar-refractivity contribution in [2.75, 3.05) is 6.54 Å². The fraction of sp³-hybridized carbons (Fsp3) is 0.522. The first-order chi connectivity index (χ1) is 11.6. The Morgan fingerprint density at radius 3 is 2.19 bits per heavy atom. The van der Waals surface area contributed by atoms with Crippen molar-refractivity contribution in [1.29, 1.82) is 0 Å². The Bertz CT molecular complexity index is 577. The topological polar surface area (TPSA) is 46.1 Å². The van der Waals surface area contributed by atoms with E-state index >= 15 is 0 Å². The highest BCUT2D eigenvalue weighted by Gasteiger charge is 2.21. The van der Waals surface area contributed by atoms with E-state index in [1.54, 1.807) is 11.0 Å². The number of carbonyl (C=O) groups excluding carboxylic acids is 1. The molecule has 2 heterocycles. The number of aromatic nitrogens is 2. The second-order valence-electron chi connectivity index (χ2n) is 5.03. The van der Waals surface area contributed by atoms with Crippen LogP contribution in [0.4, 0.5) is 0 Å². The maximum Gasteiger partial charge on any atom is 0.246 e. The molecule has 156 valence electrons. The average Bonchev–Trinajstić information content (AvgIpc) is 2.63. The van der Waals surface area contributed by atoms with Gasteiger partial charge in [0.2, 0.25) is 5.91 Å². The van der Waals surface area contributed by atoms with Gasteiger partial charge in [0.25, 0.3) is 0 Å². The molecule has 0 fully saturated rings. The molecule has 1 aromatic rings. The number of hydrogen-bond donors (Lipinski definition) is 0. The third-order valence-electron chi connectivity index (χ3n) is 3.22. The van der Waals surface area contributed by atoms with Crippen molar-refractivity contribution in [3.05, 3.63) is 54.7 Å². The SMILES string of the molecule is C.C.C.C=CC(=O)N1CCc2cnc(/C(C=C)=C/C)nc2C1.CC.CCC. The molecule has 0 aliphatic carbocycles. The van der Waals surface area contributed by atoms with Gasteiger partial charge in [-0.05, 0) is 25.0 Å². The monoisotopic (exact) mass is 377 g/mol. The van der Waals surface area contributed by atoms with Gasteiger partial charge in [-0.3, -0.25) is 4.79 Å². The number of hydrogen-bond acceptors (Lipinski definition) is 3. The summed E-state index contributed by atoms with van der Waals surface area (Å²) in [5, 5.41) is 0. The summed E-state index contributed by atoms with van der Waals surface area (Å²) in [6.07, 6.45) is 8.88. The minimum Gasteiger partial charge on any atom is -0.333 e. The minimum absolute atomic E-state index is 0. The third kappa shape index (κ3) is 9.88. The maximum absolute atomic E-state index is 11.6. The molecule has 1 aliphatic heterocycles. The zero-order chi connectivity index (χ0) is 18.5. The first-order valence-electron chi connectivity index (χ1n) is 8.66. The second-order valence-corrected chi connectivity index (χ2v) is 5.03. The molecule has 0 unspecified atom stereocenters. The summed E-state index contributed by atoms with van der Waals surface area (Å²) in [5.74, 6) is 0.602. The van der Waals surface area contributed by atoms with Crippen LogP contribution in [-0.4, -0.2) is 27.3 Å². The number of amides is 1. The Kier molecular flexibility index (Phi) is 22.3. The first-order valence-corrected chi connectivity index (χ1v) is 8.66. The fourth-order valence-electron chi connectivity index (χ4n) is 2.10. The van der Waals surface area contributed by atoms with Gasteiger partial charge in [0, 0.05) is 18.3 Å². The van der Waals surface area contributed by atoms with Crippen LogP contribution in [0.25, 0.3) is 5.57 Å². The summed E-state index contributed by atoms with van der Waals surface area (Å²) in [5.41, 5.74) is 2.92. The van der Waals surface area contributed by atoms with Gasteiger partial charge in [0.15, 0.2) is 5.82 Å². The van der Waals surface area contributed by atoms with Crippen LogP contribution in [0.2, 0.25) is 0 Å². The second kappa shape index (κ2) is 18.6. The van der Waals surface area contributed by atoms with Gasteiger partial charge in [-0.2, -0.15) is 0 Å². The largest absolute Gasteiger partial charge is 0.333 e. The molecule has 2 rings (SSSR count). The van der Waals surface area contributed by atoms with Crippen LogP contribution in [-0.2, 0) is 17.8 Å². The molecule has 0 spiro atoms. The lowest BCUT2D eigenvalue weighted by atomic mass is 10.1. The smallest absolute Gasteiger partial charge is 0.246 e. The summed E-state index contributed by atoms with van der Waals surface area (Å²) in [6, 6.07) is 0. The standard InChI is InChI=1S/C15H17N3O.C3H8.C2H6.3CH4/c1-4-11(5-2)15-16-9-12-7-8-18(14(19)6-3)10-13(12)17-15;1-3-2;1-2;;;/h4-6,9H,1,3,7-8,10H2,2H3;3H2,1-2H3;1-2H3;3*1H4/b11-5+;;;;;. The van der Waals surface area contributed by atoms with Gasteiger partial charge in [-0.1, -0.05) is 81.7 Å². The molecule has 0 saturated carbocycles. The number of carbonyl (C=O) groups is 1. The van der Waals surface area contributed by atoms with Gasteiger partial charge in [-0.25, -0.2) is 9.97 Å². The Hall–Kier alpha value is -2.23. The number of allylic oxidation sites excluding steroid dienone is 3. The van der Waals surface area contributed by atoms with Crippen LogP contribution in [0.5, 0.6) is 0 Å². The van der Waals surface area contributed by atoms with Crippen molar-refractivity contribution in [3.63, 3.8) is 0 Å². The maximum atomic E-state index is 11.6. The summed E-state index contributed by atoms with van der Waals surface area (Å²) in [4.78, 5) is 22.3. The molecular weight excluding hydrogens is 334 g/mol. The molecule has 0 aromatic carbocycles. The summed E-state index contributed by atoms with van der Waals surface area (Å²) >= 11 is 0. The van der Waals surface area contributed by atoms with E-state index in [9.17, 15) is 4.79 Å². The molecule has 27 heavy (non-hydrogen) atoms. The summed E-state index contributed by atoms with van der Waals surface area (Å²) in [7, 11) is 0. The Morgan fingerprint density at radius 1 is 1.19 bits per heavy atom. The normalized spacial score (nSPS) is 11.3. The third-order valence-corrected chi connectivity index (χ3v) is 3.22. The number of nitrogens with zero attached hydrogens (tertiary/aromatic N) is 3. The Morgan fingerprint density at radius 2 is 1.74 bits per heavy atom. The lowest BCUT2D eigenvalue weighted by molar-refractivity contribution is -0.126. The van der Waals surface area contributed by atoms with Crippen LogP contribution in [0.15, 0.2) is 37.6 Å². The number of fused-ring (bicyclic) bond motifs is 1. The molecule has 0 radical (unpaired) electrons. The molecule has 4 heteroatoms. The van der Waals surface area contributed by atoms with Crippen LogP contribution in [0.1, 0.15) is 80.4 Å². The van der Waals surface area contributed by atoms with Gasteiger partial charge < -0.3 is 4.90 Å².